The van der Waals surface area contributed by atoms with Gasteiger partial charge < -0.3 is 19.7 Å². The van der Waals surface area contributed by atoms with Crippen LogP contribution in [0.3, 0.4) is 0 Å². The fourth-order valence-electron chi connectivity index (χ4n) is 3.18. The van der Waals surface area contributed by atoms with Crippen molar-refractivity contribution in [2.24, 2.45) is 11.3 Å². The second-order valence-electron chi connectivity index (χ2n) is 6.89. The van der Waals surface area contributed by atoms with E-state index in [0.717, 1.165) is 13.1 Å². The summed E-state index contributed by atoms with van der Waals surface area (Å²) in [7, 11) is 0. The number of piperidine rings is 1. The van der Waals surface area contributed by atoms with Crippen molar-refractivity contribution >= 4 is 12.1 Å². The van der Waals surface area contributed by atoms with Gasteiger partial charge in [0.25, 0.3) is 0 Å². The van der Waals surface area contributed by atoms with Gasteiger partial charge in [0.1, 0.15) is 5.60 Å². The SMILES string of the molecule is CCOC(=O)[C@]12CCNC[C@H]1CN(C(=O)OC(C)(C)C)C2. The average molecular weight is 298 g/mol. The first-order valence-electron chi connectivity index (χ1n) is 7.64. The highest BCUT2D eigenvalue weighted by Gasteiger charge is 2.55. The maximum Gasteiger partial charge on any atom is 0.410 e. The number of nitrogens with zero attached hydrogens (tertiary/aromatic N) is 1. The van der Waals surface area contributed by atoms with Gasteiger partial charge in [-0.15, -0.1) is 0 Å². The average Bonchev–Trinajstić information content (AvgIpc) is 2.78. The van der Waals surface area contributed by atoms with E-state index in [1.807, 2.05) is 27.7 Å². The molecule has 6 heteroatoms. The van der Waals surface area contributed by atoms with Crippen molar-refractivity contribution in [1.29, 1.82) is 0 Å². The highest BCUT2D eigenvalue weighted by Crippen LogP contribution is 2.42. The summed E-state index contributed by atoms with van der Waals surface area (Å²) < 4.78 is 10.7. The zero-order chi connectivity index (χ0) is 15.7. The van der Waals surface area contributed by atoms with E-state index in [1.54, 1.807) is 4.90 Å². The summed E-state index contributed by atoms with van der Waals surface area (Å²) in [6.07, 6.45) is 0.357. The van der Waals surface area contributed by atoms with Crippen molar-refractivity contribution in [1.82, 2.24) is 10.2 Å². The zero-order valence-electron chi connectivity index (χ0n) is 13.4. The number of carbonyl (C=O) groups is 2. The van der Waals surface area contributed by atoms with Crippen LogP contribution in [-0.2, 0) is 14.3 Å². The van der Waals surface area contributed by atoms with Gasteiger partial charge in [-0.1, -0.05) is 0 Å². The van der Waals surface area contributed by atoms with Crippen molar-refractivity contribution in [2.45, 2.75) is 39.7 Å². The van der Waals surface area contributed by atoms with Crippen molar-refractivity contribution < 1.29 is 19.1 Å². The van der Waals surface area contributed by atoms with Gasteiger partial charge in [0, 0.05) is 25.6 Å². The van der Waals surface area contributed by atoms with Crippen molar-refractivity contribution in [3.05, 3.63) is 0 Å². The van der Waals surface area contributed by atoms with Crippen molar-refractivity contribution in [3.8, 4) is 0 Å². The van der Waals surface area contributed by atoms with Crippen LogP contribution in [0.5, 0.6) is 0 Å². The molecule has 0 bridgehead atoms. The van der Waals surface area contributed by atoms with Crippen LogP contribution < -0.4 is 5.32 Å². The molecule has 0 spiro atoms. The first kappa shape index (κ1) is 16.1. The van der Waals surface area contributed by atoms with Gasteiger partial charge >= 0.3 is 12.1 Å². The van der Waals surface area contributed by atoms with Crippen LogP contribution in [-0.4, -0.2) is 55.3 Å². The van der Waals surface area contributed by atoms with Gasteiger partial charge in [0.15, 0.2) is 0 Å². The molecule has 21 heavy (non-hydrogen) atoms. The Hall–Kier alpha value is -1.30. The fraction of sp³-hybridized carbons (Fsp3) is 0.867. The lowest BCUT2D eigenvalue weighted by atomic mass is 9.73. The molecule has 0 aromatic rings. The van der Waals surface area contributed by atoms with Crippen LogP contribution >= 0.6 is 0 Å². The molecule has 0 radical (unpaired) electrons. The summed E-state index contributed by atoms with van der Waals surface area (Å²) in [6.45, 7) is 10.2. The second-order valence-corrected chi connectivity index (χ2v) is 6.89. The zero-order valence-corrected chi connectivity index (χ0v) is 13.4. The topological polar surface area (TPSA) is 67.9 Å². The number of amides is 1. The Balaban J connectivity index is 2.13. The van der Waals surface area contributed by atoms with Gasteiger partial charge in [0.05, 0.1) is 12.0 Å². The van der Waals surface area contributed by atoms with Crippen molar-refractivity contribution in [3.63, 3.8) is 0 Å². The molecule has 0 aromatic carbocycles. The molecular weight excluding hydrogens is 272 g/mol. The molecule has 2 atom stereocenters. The molecule has 0 aromatic heterocycles. The number of likely N-dealkylation sites (tertiary alicyclic amines) is 1. The van der Waals surface area contributed by atoms with Crippen LogP contribution in [0.1, 0.15) is 34.1 Å². The number of carbonyl (C=O) groups excluding carboxylic acids is 2. The smallest absolute Gasteiger partial charge is 0.410 e. The molecule has 2 aliphatic heterocycles. The third-order valence-electron chi connectivity index (χ3n) is 4.17. The molecule has 1 amide bonds. The van der Waals surface area contributed by atoms with E-state index in [2.05, 4.69) is 5.32 Å². The summed E-state index contributed by atoms with van der Waals surface area (Å²) >= 11 is 0. The van der Waals surface area contributed by atoms with E-state index in [1.165, 1.54) is 0 Å². The van der Waals surface area contributed by atoms with E-state index in [4.69, 9.17) is 9.47 Å². The molecule has 2 rings (SSSR count). The maximum atomic E-state index is 12.4. The standard InChI is InChI=1S/C15H26N2O4/c1-5-20-12(18)15-6-7-16-8-11(15)9-17(10-15)13(19)21-14(2,3)4/h11,16H,5-10H2,1-4H3/t11-,15-/m0/s1. The number of nitrogens with one attached hydrogen (secondary N) is 1. The first-order chi connectivity index (χ1) is 9.78. The molecule has 0 saturated carbocycles. The molecule has 6 nitrogen and oxygen atoms in total. The van der Waals surface area contributed by atoms with E-state index < -0.39 is 11.0 Å². The van der Waals surface area contributed by atoms with Crippen LogP contribution in [0.25, 0.3) is 0 Å². The fourth-order valence-corrected chi connectivity index (χ4v) is 3.18. The highest BCUT2D eigenvalue weighted by molar-refractivity contribution is 5.80. The number of hydrogen-bond donors (Lipinski definition) is 1. The Morgan fingerprint density at radius 2 is 2.10 bits per heavy atom. The van der Waals surface area contributed by atoms with Gasteiger partial charge in [-0.25, -0.2) is 4.79 Å². The quantitative estimate of drug-likeness (QED) is 0.780. The Bertz CT molecular complexity index is 418. The normalized spacial score (nSPS) is 29.0. The van der Waals surface area contributed by atoms with Crippen molar-refractivity contribution in [2.75, 3.05) is 32.8 Å². The summed E-state index contributed by atoms with van der Waals surface area (Å²) in [5.74, 6) is -0.0830. The number of ether oxygens (including phenoxy) is 2. The molecule has 0 unspecified atom stereocenters. The molecule has 2 fully saturated rings. The lowest BCUT2D eigenvalue weighted by Crippen LogP contribution is -2.50. The minimum absolute atomic E-state index is 0.0952. The van der Waals surface area contributed by atoms with E-state index >= 15 is 0 Å². The minimum Gasteiger partial charge on any atom is -0.466 e. The lowest BCUT2D eigenvalue weighted by Gasteiger charge is -2.36. The van der Waals surface area contributed by atoms with Gasteiger partial charge in [-0.2, -0.15) is 0 Å². The third-order valence-corrected chi connectivity index (χ3v) is 4.17. The van der Waals surface area contributed by atoms with Gasteiger partial charge in [0.2, 0.25) is 0 Å². The molecule has 2 aliphatic rings. The predicted octanol–water partition coefficient (Wildman–Crippen LogP) is 1.40. The summed E-state index contributed by atoms with van der Waals surface area (Å²) in [6, 6.07) is 0. The Kier molecular flexibility index (Phi) is 4.46. The number of hydrogen-bond acceptors (Lipinski definition) is 5. The highest BCUT2D eigenvalue weighted by atomic mass is 16.6. The van der Waals surface area contributed by atoms with Crippen LogP contribution in [0, 0.1) is 11.3 Å². The van der Waals surface area contributed by atoms with Gasteiger partial charge in [-0.05, 0) is 40.7 Å². The monoisotopic (exact) mass is 298 g/mol. The van der Waals surface area contributed by atoms with E-state index in [-0.39, 0.29) is 18.0 Å². The summed E-state index contributed by atoms with van der Waals surface area (Å²) in [5, 5.41) is 3.30. The van der Waals surface area contributed by atoms with Gasteiger partial charge in [-0.3, -0.25) is 4.79 Å². The lowest BCUT2D eigenvalue weighted by molar-refractivity contribution is -0.158. The van der Waals surface area contributed by atoms with Crippen LogP contribution in [0.4, 0.5) is 4.79 Å². The van der Waals surface area contributed by atoms with Crippen LogP contribution in [0.2, 0.25) is 0 Å². The van der Waals surface area contributed by atoms with E-state index in [9.17, 15) is 9.59 Å². The first-order valence-corrected chi connectivity index (χ1v) is 7.64. The number of rotatable bonds is 2. The summed E-state index contributed by atoms with van der Waals surface area (Å²) in [5.41, 5.74) is -1.10. The molecule has 2 saturated heterocycles. The molecule has 1 N–H and O–H groups in total. The van der Waals surface area contributed by atoms with Crippen LogP contribution in [0.15, 0.2) is 0 Å². The minimum atomic E-state index is -0.571. The molecule has 2 heterocycles. The van der Waals surface area contributed by atoms with E-state index in [0.29, 0.717) is 26.1 Å². The number of esters is 1. The Labute approximate surface area is 126 Å². The Morgan fingerprint density at radius 1 is 1.38 bits per heavy atom. The maximum absolute atomic E-state index is 12.4. The predicted molar refractivity (Wildman–Crippen MR) is 77.8 cm³/mol. The number of fused-ring (bicyclic) bond motifs is 1. The molecular formula is C15H26N2O4. The second kappa shape index (κ2) is 5.83. The molecule has 0 aliphatic carbocycles. The largest absolute Gasteiger partial charge is 0.466 e. The summed E-state index contributed by atoms with van der Waals surface area (Å²) in [4.78, 5) is 26.3. The third kappa shape index (κ3) is 3.31. The molecule has 120 valence electrons. The Morgan fingerprint density at radius 3 is 2.71 bits per heavy atom.